The number of anilines is 1. The molecule has 1 aliphatic heterocycles. The highest BCUT2D eigenvalue weighted by Gasteiger charge is 2.35. The third-order valence-electron chi connectivity index (χ3n) is 5.62. The van der Waals surface area contributed by atoms with Crippen molar-refractivity contribution in [3.05, 3.63) is 65.0 Å². The Kier molecular flexibility index (Phi) is 4.75. The maximum Gasteiger partial charge on any atom is 0.232 e. The Bertz CT molecular complexity index is 1000. The summed E-state index contributed by atoms with van der Waals surface area (Å²) in [7, 11) is 0. The number of carbonyl (C=O) groups excluding carboxylic acids is 1. The molecule has 0 saturated carbocycles. The van der Waals surface area contributed by atoms with Crippen molar-refractivity contribution in [1.29, 1.82) is 0 Å². The number of hydrogen-bond acceptors (Lipinski definition) is 4. The molecule has 5 nitrogen and oxygen atoms in total. The fourth-order valence-corrected chi connectivity index (χ4v) is 3.67. The van der Waals surface area contributed by atoms with Crippen molar-refractivity contribution in [2.24, 2.45) is 0 Å². The van der Waals surface area contributed by atoms with Crippen LogP contribution in [0.2, 0.25) is 0 Å². The molecule has 0 N–H and O–H groups in total. The van der Waals surface area contributed by atoms with E-state index < -0.39 is 0 Å². The fourth-order valence-electron chi connectivity index (χ4n) is 3.67. The lowest BCUT2D eigenvalue weighted by atomic mass is 10.0. The van der Waals surface area contributed by atoms with Gasteiger partial charge in [-0.3, -0.25) is 4.79 Å². The van der Waals surface area contributed by atoms with E-state index in [4.69, 9.17) is 4.52 Å². The first-order valence-corrected chi connectivity index (χ1v) is 9.74. The maximum atomic E-state index is 12.6. The Balaban J connectivity index is 1.55. The Morgan fingerprint density at radius 1 is 1.11 bits per heavy atom. The van der Waals surface area contributed by atoms with Gasteiger partial charge in [0.05, 0.1) is 5.92 Å². The lowest BCUT2D eigenvalue weighted by Crippen LogP contribution is -2.25. The highest BCUT2D eigenvalue weighted by Crippen LogP contribution is 2.34. The second kappa shape index (κ2) is 7.23. The quantitative estimate of drug-likeness (QED) is 0.644. The minimum absolute atomic E-state index is 0.0800. The lowest BCUT2D eigenvalue weighted by molar-refractivity contribution is -0.117. The molecule has 1 saturated heterocycles. The van der Waals surface area contributed by atoms with Crippen molar-refractivity contribution >= 4 is 11.6 Å². The van der Waals surface area contributed by atoms with Crippen molar-refractivity contribution in [2.75, 3.05) is 11.4 Å². The molecule has 0 radical (unpaired) electrons. The van der Waals surface area contributed by atoms with Crippen molar-refractivity contribution < 1.29 is 9.32 Å². The zero-order valence-corrected chi connectivity index (χ0v) is 16.8. The van der Waals surface area contributed by atoms with Crippen LogP contribution in [0, 0.1) is 13.8 Å². The molecule has 0 spiro atoms. The van der Waals surface area contributed by atoms with Gasteiger partial charge in [-0.25, -0.2) is 0 Å². The number of carbonyl (C=O) groups is 1. The number of benzene rings is 2. The largest absolute Gasteiger partial charge is 0.339 e. The second-order valence-electron chi connectivity index (χ2n) is 7.86. The van der Waals surface area contributed by atoms with Crippen molar-refractivity contribution in [1.82, 2.24) is 10.1 Å². The minimum Gasteiger partial charge on any atom is -0.339 e. The van der Waals surface area contributed by atoms with Gasteiger partial charge in [0.2, 0.25) is 17.6 Å². The Morgan fingerprint density at radius 3 is 2.57 bits per heavy atom. The molecule has 1 aromatic heterocycles. The predicted molar refractivity (Wildman–Crippen MR) is 109 cm³/mol. The van der Waals surface area contributed by atoms with E-state index in [1.165, 1.54) is 11.1 Å². The Labute approximate surface area is 165 Å². The van der Waals surface area contributed by atoms with E-state index in [1.54, 1.807) is 0 Å². The lowest BCUT2D eigenvalue weighted by Gasteiger charge is -2.19. The molecule has 3 aromatic rings. The molecular weight excluding hydrogens is 350 g/mol. The van der Waals surface area contributed by atoms with Crippen molar-refractivity contribution in [3.63, 3.8) is 0 Å². The highest BCUT2D eigenvalue weighted by atomic mass is 16.5. The van der Waals surface area contributed by atoms with Gasteiger partial charge in [0.1, 0.15) is 0 Å². The summed E-state index contributed by atoms with van der Waals surface area (Å²) in [6.45, 7) is 9.01. The van der Waals surface area contributed by atoms with Crippen molar-refractivity contribution in [2.45, 2.75) is 46.0 Å². The average Bonchev–Trinajstić information content (AvgIpc) is 3.31. The van der Waals surface area contributed by atoms with Gasteiger partial charge in [0, 0.05) is 24.2 Å². The van der Waals surface area contributed by atoms with E-state index in [0.29, 0.717) is 30.6 Å². The molecule has 1 amide bonds. The molecule has 144 valence electrons. The van der Waals surface area contributed by atoms with Gasteiger partial charge in [-0.2, -0.15) is 4.98 Å². The van der Waals surface area contributed by atoms with Crippen LogP contribution in [0.3, 0.4) is 0 Å². The van der Waals surface area contributed by atoms with Crippen LogP contribution in [-0.2, 0) is 4.79 Å². The van der Waals surface area contributed by atoms with Crippen LogP contribution in [-0.4, -0.2) is 22.6 Å². The predicted octanol–water partition coefficient (Wildman–Crippen LogP) is 5.00. The summed E-state index contributed by atoms with van der Waals surface area (Å²) in [6, 6.07) is 14.3. The molecular formula is C23H25N3O2. The van der Waals surface area contributed by atoms with Crippen LogP contribution in [0.25, 0.3) is 11.4 Å². The van der Waals surface area contributed by atoms with E-state index >= 15 is 0 Å². The SMILES string of the molecule is Cc1cccc(N2CC(c3nc(-c4ccc(C(C)C)cc4)no3)CC2=O)c1C. The average molecular weight is 375 g/mol. The molecule has 1 fully saturated rings. The third-order valence-corrected chi connectivity index (χ3v) is 5.62. The van der Waals surface area contributed by atoms with Crippen LogP contribution in [0.5, 0.6) is 0 Å². The summed E-state index contributed by atoms with van der Waals surface area (Å²) in [5.74, 6) is 1.60. The zero-order valence-electron chi connectivity index (χ0n) is 16.8. The summed E-state index contributed by atoms with van der Waals surface area (Å²) in [5, 5.41) is 4.14. The van der Waals surface area contributed by atoms with Crippen molar-refractivity contribution in [3.8, 4) is 11.4 Å². The first-order valence-electron chi connectivity index (χ1n) is 9.74. The van der Waals surface area contributed by atoms with Crippen LogP contribution in [0.4, 0.5) is 5.69 Å². The van der Waals surface area contributed by atoms with Gasteiger partial charge in [0.15, 0.2) is 0 Å². The maximum absolute atomic E-state index is 12.6. The smallest absolute Gasteiger partial charge is 0.232 e. The number of amides is 1. The van der Waals surface area contributed by atoms with Crippen LogP contribution < -0.4 is 4.90 Å². The minimum atomic E-state index is -0.0800. The summed E-state index contributed by atoms with van der Waals surface area (Å²) >= 11 is 0. The number of aromatic nitrogens is 2. The molecule has 0 bridgehead atoms. The fraction of sp³-hybridized carbons (Fsp3) is 0.348. The molecule has 1 atom stereocenters. The van der Waals surface area contributed by atoms with E-state index in [2.05, 4.69) is 56.0 Å². The molecule has 2 heterocycles. The standard InChI is InChI=1S/C23H25N3O2/c1-14(2)17-8-10-18(11-9-17)22-24-23(28-25-22)19-12-21(27)26(13-19)20-7-5-6-15(3)16(20)4/h5-11,14,19H,12-13H2,1-4H3. The first-order chi connectivity index (χ1) is 13.4. The summed E-state index contributed by atoms with van der Waals surface area (Å²) < 4.78 is 5.53. The van der Waals surface area contributed by atoms with Crippen LogP contribution in [0.15, 0.2) is 47.0 Å². The van der Waals surface area contributed by atoms with E-state index in [9.17, 15) is 4.79 Å². The Hall–Kier alpha value is -2.95. The Morgan fingerprint density at radius 2 is 1.86 bits per heavy atom. The first kappa shape index (κ1) is 18.4. The van der Waals surface area contributed by atoms with Gasteiger partial charge >= 0.3 is 0 Å². The summed E-state index contributed by atoms with van der Waals surface area (Å²) in [5.41, 5.74) is 5.48. The van der Waals surface area contributed by atoms with Gasteiger partial charge in [-0.05, 0) is 42.5 Å². The number of nitrogens with zero attached hydrogens (tertiary/aromatic N) is 3. The second-order valence-corrected chi connectivity index (χ2v) is 7.86. The topological polar surface area (TPSA) is 59.2 Å². The summed E-state index contributed by atoms with van der Waals surface area (Å²) in [6.07, 6.45) is 0.390. The van der Waals surface area contributed by atoms with Crippen LogP contribution >= 0.6 is 0 Å². The molecule has 2 aromatic carbocycles. The van der Waals surface area contributed by atoms with Gasteiger partial charge < -0.3 is 9.42 Å². The molecule has 4 rings (SSSR count). The van der Waals surface area contributed by atoms with Gasteiger partial charge in [-0.15, -0.1) is 0 Å². The summed E-state index contributed by atoms with van der Waals surface area (Å²) in [4.78, 5) is 19.1. The number of aryl methyl sites for hydroxylation is 1. The van der Waals surface area contributed by atoms with Gasteiger partial charge in [-0.1, -0.05) is 55.4 Å². The van der Waals surface area contributed by atoms with E-state index in [0.717, 1.165) is 16.8 Å². The monoisotopic (exact) mass is 375 g/mol. The van der Waals surface area contributed by atoms with E-state index in [1.807, 2.05) is 29.2 Å². The molecule has 28 heavy (non-hydrogen) atoms. The normalized spacial score (nSPS) is 17.0. The molecule has 1 aliphatic rings. The molecule has 0 aliphatic carbocycles. The number of hydrogen-bond donors (Lipinski definition) is 0. The van der Waals surface area contributed by atoms with Crippen LogP contribution in [0.1, 0.15) is 54.7 Å². The van der Waals surface area contributed by atoms with Gasteiger partial charge in [0.25, 0.3) is 0 Å². The number of rotatable bonds is 4. The van der Waals surface area contributed by atoms with E-state index in [-0.39, 0.29) is 11.8 Å². The third kappa shape index (κ3) is 3.33. The highest BCUT2D eigenvalue weighted by molar-refractivity contribution is 5.97. The molecule has 5 heteroatoms. The zero-order chi connectivity index (χ0) is 19.8. The molecule has 1 unspecified atom stereocenters.